The quantitative estimate of drug-likeness (QED) is 0.646. The number of carbonyl (C=O) groups excluding carboxylic acids is 1. The molecule has 2 N–H and O–H groups in total. The number of halogens is 2. The maximum atomic E-state index is 12.4. The van der Waals surface area contributed by atoms with Gasteiger partial charge in [0.05, 0.1) is 11.1 Å². The number of thiazole rings is 1. The van der Waals surface area contributed by atoms with E-state index in [-0.39, 0.29) is 30.7 Å². The second kappa shape index (κ2) is 9.50. The number of carboxylic acid groups (broad SMARTS) is 1. The third-order valence-electron chi connectivity index (χ3n) is 3.58. The molecule has 27 heavy (non-hydrogen) atoms. The number of nitrogens with zero attached hydrogens (tertiary/aromatic N) is 1. The third-order valence-corrected chi connectivity index (χ3v) is 5.13. The lowest BCUT2D eigenvalue weighted by atomic mass is 10.2. The molecule has 1 aromatic heterocycles. The van der Waals surface area contributed by atoms with Crippen molar-refractivity contribution in [2.24, 2.45) is 0 Å². The summed E-state index contributed by atoms with van der Waals surface area (Å²) in [4.78, 5) is 28.7. The summed E-state index contributed by atoms with van der Waals surface area (Å²) in [6, 6.07) is 5.08. The summed E-state index contributed by atoms with van der Waals surface area (Å²) in [6.45, 7) is 5.48. The van der Waals surface area contributed by atoms with Gasteiger partial charge in [0.15, 0.2) is 6.10 Å². The van der Waals surface area contributed by atoms with E-state index in [2.05, 4.69) is 10.3 Å². The fourth-order valence-corrected chi connectivity index (χ4v) is 3.87. The van der Waals surface area contributed by atoms with Gasteiger partial charge in [-0.3, -0.25) is 4.79 Å². The van der Waals surface area contributed by atoms with Crippen molar-refractivity contribution >= 4 is 46.4 Å². The number of carboxylic acids is 1. The Labute approximate surface area is 171 Å². The first-order valence-corrected chi connectivity index (χ1v) is 9.85. The van der Waals surface area contributed by atoms with Crippen molar-refractivity contribution in [1.29, 1.82) is 0 Å². The van der Waals surface area contributed by atoms with Crippen LogP contribution in [0.3, 0.4) is 0 Å². The smallest absolute Gasteiger partial charge is 0.332 e. The van der Waals surface area contributed by atoms with Crippen LogP contribution < -0.4 is 5.32 Å². The first-order chi connectivity index (χ1) is 12.7. The summed E-state index contributed by atoms with van der Waals surface area (Å²) in [6.07, 6.45) is -1.02. The van der Waals surface area contributed by atoms with Gasteiger partial charge < -0.3 is 15.2 Å². The van der Waals surface area contributed by atoms with Gasteiger partial charge in [0.1, 0.15) is 10.7 Å². The lowest BCUT2D eigenvalue weighted by Gasteiger charge is -2.16. The average Bonchev–Trinajstić information content (AvgIpc) is 2.94. The molecule has 2 aromatic rings. The zero-order valence-electron chi connectivity index (χ0n) is 15.1. The maximum absolute atomic E-state index is 12.4. The van der Waals surface area contributed by atoms with Crippen LogP contribution in [0.25, 0.3) is 10.6 Å². The number of hydrogen-bond acceptors (Lipinski definition) is 5. The molecule has 9 heteroatoms. The largest absolute Gasteiger partial charge is 0.479 e. The highest BCUT2D eigenvalue weighted by molar-refractivity contribution is 7.15. The van der Waals surface area contributed by atoms with E-state index in [4.69, 9.17) is 33.0 Å². The molecule has 0 saturated carbocycles. The minimum atomic E-state index is -1.05. The van der Waals surface area contributed by atoms with Crippen molar-refractivity contribution in [2.75, 3.05) is 6.54 Å². The van der Waals surface area contributed by atoms with Gasteiger partial charge in [0.2, 0.25) is 0 Å². The van der Waals surface area contributed by atoms with Crippen LogP contribution in [0.4, 0.5) is 0 Å². The third kappa shape index (κ3) is 5.90. The lowest BCUT2D eigenvalue weighted by Crippen LogP contribution is -2.33. The fourth-order valence-electron chi connectivity index (χ4n) is 2.36. The molecule has 6 nitrogen and oxygen atoms in total. The Morgan fingerprint density at radius 2 is 2.04 bits per heavy atom. The van der Waals surface area contributed by atoms with Gasteiger partial charge in [-0.25, -0.2) is 9.78 Å². The molecule has 0 aliphatic heterocycles. The minimum Gasteiger partial charge on any atom is -0.479 e. The molecule has 1 aromatic carbocycles. The molecule has 0 bridgehead atoms. The van der Waals surface area contributed by atoms with E-state index in [0.29, 0.717) is 20.6 Å². The number of amides is 1. The van der Waals surface area contributed by atoms with E-state index >= 15 is 0 Å². The van der Waals surface area contributed by atoms with Crippen molar-refractivity contribution < 1.29 is 19.4 Å². The highest BCUT2D eigenvalue weighted by Crippen LogP contribution is 2.34. The Hall–Kier alpha value is -1.67. The number of benzene rings is 1. The van der Waals surface area contributed by atoms with Crippen LogP contribution in [0.2, 0.25) is 10.0 Å². The molecule has 1 amide bonds. The number of rotatable bonds is 8. The highest BCUT2D eigenvalue weighted by Gasteiger charge is 2.21. The van der Waals surface area contributed by atoms with Crippen LogP contribution in [0.1, 0.15) is 35.6 Å². The summed E-state index contributed by atoms with van der Waals surface area (Å²) in [5.74, 6) is -1.42. The van der Waals surface area contributed by atoms with Gasteiger partial charge in [0, 0.05) is 28.4 Å². The van der Waals surface area contributed by atoms with E-state index in [1.807, 2.05) is 0 Å². The van der Waals surface area contributed by atoms with Crippen molar-refractivity contribution in [1.82, 2.24) is 10.3 Å². The number of aryl methyl sites for hydroxylation is 1. The predicted molar refractivity (Wildman–Crippen MR) is 107 cm³/mol. The summed E-state index contributed by atoms with van der Waals surface area (Å²) in [7, 11) is 0. The first-order valence-electron chi connectivity index (χ1n) is 8.28. The van der Waals surface area contributed by atoms with Gasteiger partial charge >= 0.3 is 5.97 Å². The number of ether oxygens (including phenoxy) is 1. The van der Waals surface area contributed by atoms with Crippen LogP contribution in [0, 0.1) is 6.92 Å². The Bertz CT molecular complexity index is 839. The molecule has 0 spiro atoms. The molecule has 1 heterocycles. The second-order valence-corrected chi connectivity index (χ2v) is 8.15. The van der Waals surface area contributed by atoms with Crippen molar-refractivity contribution in [2.45, 2.75) is 39.4 Å². The minimum absolute atomic E-state index is 0.163. The van der Waals surface area contributed by atoms with Gasteiger partial charge in [-0.05, 0) is 39.0 Å². The van der Waals surface area contributed by atoms with Crippen LogP contribution in [-0.4, -0.2) is 40.7 Å². The van der Waals surface area contributed by atoms with E-state index in [9.17, 15) is 9.59 Å². The Morgan fingerprint density at radius 3 is 2.63 bits per heavy atom. The summed E-state index contributed by atoms with van der Waals surface area (Å²) >= 11 is 13.5. The Morgan fingerprint density at radius 1 is 1.33 bits per heavy atom. The van der Waals surface area contributed by atoms with Gasteiger partial charge in [-0.2, -0.15) is 0 Å². The van der Waals surface area contributed by atoms with Gasteiger partial charge in [0.25, 0.3) is 5.91 Å². The SMILES string of the molecule is Cc1sc(-c2ccc(Cl)cc2Cl)nc1C(=O)NCCC(OC(C)C)C(=O)O. The monoisotopic (exact) mass is 430 g/mol. The zero-order chi connectivity index (χ0) is 20.1. The maximum Gasteiger partial charge on any atom is 0.332 e. The summed E-state index contributed by atoms with van der Waals surface area (Å²) in [5.41, 5.74) is 0.988. The molecule has 1 atom stereocenters. The summed E-state index contributed by atoms with van der Waals surface area (Å²) in [5, 5.41) is 13.4. The normalized spacial score (nSPS) is 12.2. The van der Waals surface area contributed by atoms with Crippen molar-refractivity contribution in [3.63, 3.8) is 0 Å². The topological polar surface area (TPSA) is 88.5 Å². The molecular formula is C18H20Cl2N2O4S. The standard InChI is InChI=1S/C18H20Cl2N2O4S/c1-9(2)26-14(18(24)25)6-7-21-16(23)15-10(3)27-17(22-15)12-5-4-11(19)8-13(12)20/h4-5,8-9,14H,6-7H2,1-3H3,(H,21,23)(H,24,25). The van der Waals surface area contributed by atoms with Gasteiger partial charge in [-0.15, -0.1) is 11.3 Å². The molecule has 146 valence electrons. The fraction of sp³-hybridized carbons (Fsp3) is 0.389. The van der Waals surface area contributed by atoms with E-state index in [0.717, 1.165) is 4.88 Å². The molecule has 0 aliphatic carbocycles. The van der Waals surface area contributed by atoms with E-state index in [1.165, 1.54) is 11.3 Å². The van der Waals surface area contributed by atoms with Crippen molar-refractivity contribution in [3.8, 4) is 10.6 Å². The molecule has 0 saturated heterocycles. The van der Waals surface area contributed by atoms with Gasteiger partial charge in [-0.1, -0.05) is 23.2 Å². The summed E-state index contributed by atoms with van der Waals surface area (Å²) < 4.78 is 5.32. The molecule has 0 radical (unpaired) electrons. The van der Waals surface area contributed by atoms with Crippen LogP contribution in [0.5, 0.6) is 0 Å². The number of aromatic nitrogens is 1. The number of hydrogen-bond donors (Lipinski definition) is 2. The molecular weight excluding hydrogens is 411 g/mol. The van der Waals surface area contributed by atoms with E-state index < -0.39 is 12.1 Å². The first kappa shape index (κ1) is 21.6. The second-order valence-electron chi connectivity index (χ2n) is 6.10. The molecule has 0 fully saturated rings. The lowest BCUT2D eigenvalue weighted by molar-refractivity contribution is -0.153. The average molecular weight is 431 g/mol. The number of carbonyl (C=O) groups is 2. The number of nitrogens with one attached hydrogen (secondary N) is 1. The van der Waals surface area contributed by atoms with Crippen LogP contribution in [0.15, 0.2) is 18.2 Å². The predicted octanol–water partition coefficient (Wildman–Crippen LogP) is 4.42. The Balaban J connectivity index is 2.05. The van der Waals surface area contributed by atoms with Crippen LogP contribution in [-0.2, 0) is 9.53 Å². The van der Waals surface area contributed by atoms with Crippen LogP contribution >= 0.6 is 34.5 Å². The highest BCUT2D eigenvalue weighted by atomic mass is 35.5. The zero-order valence-corrected chi connectivity index (χ0v) is 17.4. The Kier molecular flexibility index (Phi) is 7.61. The molecule has 0 aliphatic rings. The molecule has 1 unspecified atom stereocenters. The van der Waals surface area contributed by atoms with E-state index in [1.54, 1.807) is 39.0 Å². The number of aliphatic carboxylic acids is 1. The van der Waals surface area contributed by atoms with Crippen molar-refractivity contribution in [3.05, 3.63) is 38.8 Å². The molecule has 2 rings (SSSR count).